The number of rotatable bonds is 3. The Morgan fingerprint density at radius 1 is 1.48 bits per heavy atom. The zero-order valence-electron chi connectivity index (χ0n) is 13.5. The van der Waals surface area contributed by atoms with Gasteiger partial charge in [0.2, 0.25) is 0 Å². The van der Waals surface area contributed by atoms with Crippen molar-refractivity contribution in [2.45, 2.75) is 32.1 Å². The van der Waals surface area contributed by atoms with Gasteiger partial charge in [-0.3, -0.25) is 4.79 Å². The van der Waals surface area contributed by atoms with Crippen LogP contribution in [-0.2, 0) is 6.54 Å². The molecule has 2 heterocycles. The van der Waals surface area contributed by atoms with Crippen LogP contribution in [0, 0.1) is 9.49 Å². The van der Waals surface area contributed by atoms with Crippen molar-refractivity contribution in [2.75, 3.05) is 13.1 Å². The summed E-state index contributed by atoms with van der Waals surface area (Å²) in [5, 5.41) is 6.27. The fourth-order valence-corrected chi connectivity index (χ4v) is 3.70. The minimum Gasteiger partial charge on any atom is -0.349 e. The highest BCUT2D eigenvalue weighted by molar-refractivity contribution is 14.1. The molecule has 0 aliphatic carbocycles. The number of nitrogens with one attached hydrogen (secondary N) is 2. The Bertz CT molecular complexity index is 790. The minimum absolute atomic E-state index is 0.0407. The summed E-state index contributed by atoms with van der Waals surface area (Å²) in [7, 11) is 0. The lowest BCUT2D eigenvalue weighted by molar-refractivity contribution is -0.139. The van der Waals surface area contributed by atoms with Gasteiger partial charge in [-0.25, -0.2) is 4.98 Å². The summed E-state index contributed by atoms with van der Waals surface area (Å²) in [6.07, 6.45) is -2.39. The van der Waals surface area contributed by atoms with Crippen LogP contribution >= 0.6 is 22.6 Å². The molecule has 1 aliphatic heterocycles. The zero-order chi connectivity index (χ0) is 18.2. The van der Waals surface area contributed by atoms with Crippen molar-refractivity contribution in [2.24, 2.45) is 5.92 Å². The van der Waals surface area contributed by atoms with Crippen molar-refractivity contribution in [3.05, 3.63) is 27.6 Å². The van der Waals surface area contributed by atoms with Gasteiger partial charge in [0.05, 0.1) is 17.4 Å². The Morgan fingerprint density at radius 2 is 2.24 bits per heavy atom. The number of halogens is 4. The number of nitrogens with zero attached hydrogens (tertiary/aromatic N) is 2. The van der Waals surface area contributed by atoms with E-state index < -0.39 is 12.7 Å². The lowest BCUT2D eigenvalue weighted by atomic mass is 9.95. The third kappa shape index (κ3) is 4.25. The van der Waals surface area contributed by atoms with Crippen molar-refractivity contribution in [3.8, 4) is 0 Å². The van der Waals surface area contributed by atoms with E-state index >= 15 is 0 Å². The molecule has 1 amide bonds. The van der Waals surface area contributed by atoms with Crippen LogP contribution in [0.15, 0.2) is 18.5 Å². The molecule has 0 saturated carbocycles. The van der Waals surface area contributed by atoms with Gasteiger partial charge < -0.3 is 15.2 Å². The fourth-order valence-electron chi connectivity index (χ4n) is 3.10. The summed E-state index contributed by atoms with van der Waals surface area (Å²) in [6, 6.07) is 3.31. The van der Waals surface area contributed by atoms with Gasteiger partial charge in [0.15, 0.2) is 0 Å². The predicted molar refractivity (Wildman–Crippen MR) is 96.4 cm³/mol. The zero-order valence-corrected chi connectivity index (χ0v) is 15.7. The highest BCUT2D eigenvalue weighted by Crippen LogP contribution is 2.25. The molecule has 1 aromatic heterocycles. The van der Waals surface area contributed by atoms with Gasteiger partial charge in [0.1, 0.15) is 12.1 Å². The highest BCUT2D eigenvalue weighted by Gasteiger charge is 2.30. The molecule has 1 aromatic carbocycles. The summed E-state index contributed by atoms with van der Waals surface area (Å²) >= 11 is 2.00. The summed E-state index contributed by atoms with van der Waals surface area (Å²) in [5.74, 6) is -0.00159. The number of alkyl halides is 3. The first-order chi connectivity index (χ1) is 11.7. The molecule has 0 radical (unpaired) electrons. The molecule has 136 valence electrons. The number of hydrogen-bond donors (Lipinski definition) is 2. The number of aromatic nitrogens is 2. The molecule has 1 aliphatic rings. The normalized spacial score (nSPS) is 21.5. The van der Waals surface area contributed by atoms with Crippen LogP contribution in [0.4, 0.5) is 13.2 Å². The number of carbonyl (C=O) groups excluding carboxylic acids is 1. The average Bonchev–Trinajstić information content (AvgIpc) is 2.89. The van der Waals surface area contributed by atoms with Crippen molar-refractivity contribution in [1.82, 2.24) is 20.2 Å². The number of hydrogen-bond acceptors (Lipinski definition) is 3. The van der Waals surface area contributed by atoms with Gasteiger partial charge in [-0.15, -0.1) is 0 Å². The molecule has 0 bridgehead atoms. The molecular weight excluding hydrogens is 448 g/mol. The van der Waals surface area contributed by atoms with E-state index in [1.54, 1.807) is 12.1 Å². The van der Waals surface area contributed by atoms with E-state index in [0.29, 0.717) is 26.1 Å². The lowest BCUT2D eigenvalue weighted by Gasteiger charge is -2.30. The highest BCUT2D eigenvalue weighted by atomic mass is 127. The topological polar surface area (TPSA) is 58.9 Å². The smallest absolute Gasteiger partial charge is 0.349 e. The van der Waals surface area contributed by atoms with Gasteiger partial charge in [0.25, 0.3) is 5.91 Å². The molecule has 2 atom stereocenters. The predicted octanol–water partition coefficient (Wildman–Crippen LogP) is 2.93. The molecular formula is C16H18F3IN4O. The Hall–Kier alpha value is -1.36. The molecule has 25 heavy (non-hydrogen) atoms. The Morgan fingerprint density at radius 3 is 2.92 bits per heavy atom. The minimum atomic E-state index is -4.35. The standard InChI is InChI=1S/C16H18F3IN4O/c1-9-6-21-3-2-12(9)23-15(25)11-4-10(20)5-13-14(11)22-8-24(13)7-16(17,18)19/h4-5,8-9,12,21H,2-3,6-7H2,1H3,(H,23,25)/t9-,12-/m0/s1. The molecule has 0 unspecified atom stereocenters. The van der Waals surface area contributed by atoms with E-state index in [4.69, 9.17) is 0 Å². The van der Waals surface area contributed by atoms with Gasteiger partial charge in [0, 0.05) is 9.61 Å². The average molecular weight is 466 g/mol. The van der Waals surface area contributed by atoms with Crippen LogP contribution in [0.2, 0.25) is 0 Å². The van der Waals surface area contributed by atoms with Crippen LogP contribution in [0.1, 0.15) is 23.7 Å². The van der Waals surface area contributed by atoms with Crippen LogP contribution in [0.3, 0.4) is 0 Å². The van der Waals surface area contributed by atoms with E-state index in [-0.39, 0.29) is 11.9 Å². The van der Waals surface area contributed by atoms with Gasteiger partial charge in [-0.2, -0.15) is 13.2 Å². The largest absolute Gasteiger partial charge is 0.406 e. The Balaban J connectivity index is 1.91. The van der Waals surface area contributed by atoms with Crippen LogP contribution in [0.25, 0.3) is 11.0 Å². The number of fused-ring (bicyclic) bond motifs is 1. The third-order valence-corrected chi connectivity index (χ3v) is 5.01. The van der Waals surface area contributed by atoms with Gasteiger partial charge in [-0.05, 0) is 60.2 Å². The van der Waals surface area contributed by atoms with Gasteiger partial charge in [-0.1, -0.05) is 6.92 Å². The SMILES string of the molecule is C[C@H]1CNCC[C@@H]1NC(=O)c1cc(I)cc2c1ncn2CC(F)(F)F. The molecule has 1 fully saturated rings. The van der Waals surface area contributed by atoms with Crippen LogP contribution in [0.5, 0.6) is 0 Å². The lowest BCUT2D eigenvalue weighted by Crippen LogP contribution is -2.48. The number of amides is 1. The second-order valence-corrected chi connectivity index (χ2v) is 7.60. The molecule has 2 aromatic rings. The summed E-state index contributed by atoms with van der Waals surface area (Å²) in [5.41, 5.74) is 0.921. The fraction of sp³-hybridized carbons (Fsp3) is 0.500. The van der Waals surface area contributed by atoms with Crippen molar-refractivity contribution >= 4 is 39.5 Å². The summed E-state index contributed by atoms with van der Waals surface area (Å²) in [4.78, 5) is 16.8. The first kappa shape index (κ1) is 18.4. The monoisotopic (exact) mass is 466 g/mol. The van der Waals surface area contributed by atoms with Crippen molar-refractivity contribution < 1.29 is 18.0 Å². The van der Waals surface area contributed by atoms with E-state index in [1.807, 2.05) is 22.6 Å². The Kier molecular flexibility index (Phi) is 5.24. The first-order valence-corrected chi connectivity index (χ1v) is 9.05. The Labute approximate surface area is 156 Å². The molecule has 0 spiro atoms. The molecule has 1 saturated heterocycles. The van der Waals surface area contributed by atoms with E-state index in [1.165, 1.54) is 0 Å². The van der Waals surface area contributed by atoms with Crippen LogP contribution in [-0.4, -0.2) is 40.8 Å². The maximum Gasteiger partial charge on any atom is 0.406 e. The maximum atomic E-state index is 12.7. The van der Waals surface area contributed by atoms with Crippen LogP contribution < -0.4 is 10.6 Å². The molecule has 5 nitrogen and oxygen atoms in total. The molecule has 2 N–H and O–H groups in total. The van der Waals surface area contributed by atoms with Gasteiger partial charge >= 0.3 is 6.18 Å². The van der Waals surface area contributed by atoms with E-state index in [2.05, 4.69) is 22.5 Å². The second kappa shape index (κ2) is 7.10. The molecule has 3 rings (SSSR count). The third-order valence-electron chi connectivity index (χ3n) is 4.39. The van der Waals surface area contributed by atoms with E-state index in [0.717, 1.165) is 30.4 Å². The number of benzene rings is 1. The first-order valence-electron chi connectivity index (χ1n) is 7.97. The second-order valence-electron chi connectivity index (χ2n) is 6.36. The summed E-state index contributed by atoms with van der Waals surface area (Å²) in [6.45, 7) is 2.58. The number of piperidine rings is 1. The number of carbonyl (C=O) groups is 1. The van der Waals surface area contributed by atoms with Crippen molar-refractivity contribution in [3.63, 3.8) is 0 Å². The van der Waals surface area contributed by atoms with Crippen molar-refractivity contribution in [1.29, 1.82) is 0 Å². The quantitative estimate of drug-likeness (QED) is 0.685. The summed E-state index contributed by atoms with van der Waals surface area (Å²) < 4.78 is 39.9. The van der Waals surface area contributed by atoms with E-state index in [9.17, 15) is 18.0 Å². The maximum absolute atomic E-state index is 12.7. The molecule has 9 heteroatoms. The number of imidazole rings is 1.